The van der Waals surface area contributed by atoms with Crippen LogP contribution >= 0.6 is 0 Å². The lowest BCUT2D eigenvalue weighted by molar-refractivity contribution is -0.167. The third-order valence-corrected chi connectivity index (χ3v) is 11.7. The summed E-state index contributed by atoms with van der Waals surface area (Å²) in [7, 11) is 0. The van der Waals surface area contributed by atoms with Gasteiger partial charge < -0.3 is 14.2 Å². The molecule has 0 radical (unpaired) electrons. The molecule has 0 aliphatic rings. The topological polar surface area (TPSA) is 78.9 Å². The van der Waals surface area contributed by atoms with Gasteiger partial charge in [0, 0.05) is 19.3 Å². The number of rotatable bonds is 49. The number of hydrogen-bond donors (Lipinski definition) is 0. The van der Waals surface area contributed by atoms with E-state index in [0.29, 0.717) is 19.3 Å². The van der Waals surface area contributed by atoms with Crippen LogP contribution in [0.4, 0.5) is 0 Å². The summed E-state index contributed by atoms with van der Waals surface area (Å²) in [6.45, 7) is 6.45. The van der Waals surface area contributed by atoms with Crippen molar-refractivity contribution in [1.82, 2.24) is 0 Å². The molecule has 0 aliphatic carbocycles. The number of unbranched alkanes of at least 4 members (excludes halogenated alkanes) is 28. The SMILES string of the molecule is CC\C=C/C=C\C=C/C=C\C=C/CCCCCC(=O)OC(COC(=O)CCCCC/C=C\CCCCCCCCC)COC(=O)CCCCCCCCC/C=C\CCCCCCCCCC. The molecule has 1 unspecified atom stereocenters. The molecular formula is C60H102O6. The molecule has 6 nitrogen and oxygen atoms in total. The van der Waals surface area contributed by atoms with Crippen LogP contribution in [-0.4, -0.2) is 37.2 Å². The van der Waals surface area contributed by atoms with Crippen LogP contribution in [0.15, 0.2) is 85.1 Å². The van der Waals surface area contributed by atoms with E-state index < -0.39 is 6.10 Å². The number of ether oxygens (including phenoxy) is 3. The van der Waals surface area contributed by atoms with Crippen molar-refractivity contribution in [3.8, 4) is 0 Å². The molecule has 1 atom stereocenters. The maximum atomic E-state index is 12.8. The lowest BCUT2D eigenvalue weighted by atomic mass is 10.1. The maximum Gasteiger partial charge on any atom is 0.306 e. The van der Waals surface area contributed by atoms with Gasteiger partial charge in [-0.15, -0.1) is 0 Å². The van der Waals surface area contributed by atoms with E-state index in [4.69, 9.17) is 14.2 Å². The minimum Gasteiger partial charge on any atom is -0.462 e. The van der Waals surface area contributed by atoms with Crippen molar-refractivity contribution in [3.63, 3.8) is 0 Å². The van der Waals surface area contributed by atoms with Crippen LogP contribution in [-0.2, 0) is 28.6 Å². The van der Waals surface area contributed by atoms with Gasteiger partial charge in [0.2, 0.25) is 0 Å². The maximum absolute atomic E-state index is 12.8. The molecule has 0 fully saturated rings. The predicted octanol–water partition coefficient (Wildman–Crippen LogP) is 18.4. The summed E-state index contributed by atoms with van der Waals surface area (Å²) in [6, 6.07) is 0. The van der Waals surface area contributed by atoms with Crippen molar-refractivity contribution in [2.45, 2.75) is 264 Å². The zero-order valence-corrected chi connectivity index (χ0v) is 43.2. The summed E-state index contributed by atoms with van der Waals surface area (Å²) in [4.78, 5) is 38.1. The number of carbonyl (C=O) groups excluding carboxylic acids is 3. The molecule has 0 rings (SSSR count). The quantitative estimate of drug-likeness (QED) is 0.0199. The Bertz CT molecular complexity index is 1290. The molecule has 378 valence electrons. The molecule has 6 heteroatoms. The molecule has 0 aromatic heterocycles. The van der Waals surface area contributed by atoms with Gasteiger partial charge in [0.05, 0.1) is 0 Å². The van der Waals surface area contributed by atoms with Gasteiger partial charge in [-0.3, -0.25) is 14.4 Å². The fraction of sp³-hybridized carbons (Fsp3) is 0.717. The van der Waals surface area contributed by atoms with E-state index in [2.05, 4.69) is 57.2 Å². The van der Waals surface area contributed by atoms with E-state index >= 15 is 0 Å². The summed E-state index contributed by atoms with van der Waals surface area (Å²) < 4.78 is 16.8. The van der Waals surface area contributed by atoms with Gasteiger partial charge in [-0.1, -0.05) is 234 Å². The van der Waals surface area contributed by atoms with E-state index in [1.807, 2.05) is 48.6 Å². The average molecular weight is 919 g/mol. The molecule has 0 bridgehead atoms. The summed E-state index contributed by atoms with van der Waals surface area (Å²) >= 11 is 0. The first-order valence-electron chi connectivity index (χ1n) is 27.7. The summed E-state index contributed by atoms with van der Waals surface area (Å²) in [5.74, 6) is -0.961. The van der Waals surface area contributed by atoms with Crippen molar-refractivity contribution in [3.05, 3.63) is 85.1 Å². The highest BCUT2D eigenvalue weighted by atomic mass is 16.6. The number of esters is 3. The molecule has 0 saturated carbocycles. The fourth-order valence-electron chi connectivity index (χ4n) is 7.57. The second-order valence-corrected chi connectivity index (χ2v) is 18.2. The van der Waals surface area contributed by atoms with Crippen LogP contribution in [0.1, 0.15) is 258 Å². The van der Waals surface area contributed by atoms with E-state index in [0.717, 1.165) is 77.0 Å². The molecular weight excluding hydrogens is 817 g/mol. The summed E-state index contributed by atoms with van der Waals surface area (Å²) in [5.41, 5.74) is 0. The number of carbonyl (C=O) groups is 3. The molecule has 66 heavy (non-hydrogen) atoms. The molecule has 0 amide bonds. The Hall–Kier alpha value is -3.41. The van der Waals surface area contributed by atoms with E-state index in [1.54, 1.807) is 0 Å². The third-order valence-electron chi connectivity index (χ3n) is 11.7. The second kappa shape index (κ2) is 54.2. The minimum atomic E-state index is -0.807. The Kier molecular flexibility index (Phi) is 51.4. The highest BCUT2D eigenvalue weighted by molar-refractivity contribution is 5.71. The Labute approximate surface area is 407 Å². The van der Waals surface area contributed by atoms with Crippen LogP contribution in [0.5, 0.6) is 0 Å². The number of allylic oxidation sites excluding steroid dienone is 14. The van der Waals surface area contributed by atoms with Crippen LogP contribution in [0.25, 0.3) is 0 Å². The van der Waals surface area contributed by atoms with Crippen molar-refractivity contribution in [2.24, 2.45) is 0 Å². The number of hydrogen-bond acceptors (Lipinski definition) is 6. The average Bonchev–Trinajstić information content (AvgIpc) is 3.31. The van der Waals surface area contributed by atoms with Crippen LogP contribution in [0, 0.1) is 0 Å². The van der Waals surface area contributed by atoms with E-state index in [-0.39, 0.29) is 37.5 Å². The highest BCUT2D eigenvalue weighted by Gasteiger charge is 2.19. The molecule has 0 saturated heterocycles. The smallest absolute Gasteiger partial charge is 0.306 e. The van der Waals surface area contributed by atoms with Crippen molar-refractivity contribution in [2.75, 3.05) is 13.2 Å². The van der Waals surface area contributed by atoms with Gasteiger partial charge in [-0.2, -0.15) is 0 Å². The van der Waals surface area contributed by atoms with Gasteiger partial charge in [0.25, 0.3) is 0 Å². The molecule has 0 aromatic rings. The molecule has 0 spiro atoms. The standard InChI is InChI=1S/C60H102O6/c1-4-7-10-13-16-19-22-25-28-29-30-31-33-35-38-41-44-47-50-53-59(62)65-56-57(55-64-58(61)52-49-46-43-40-37-34-27-24-21-18-15-12-9-6-3)66-60(63)54-51-48-45-42-39-36-32-26-23-20-17-14-11-8-5-2/h8,11,14,17,20,23,26,29-30,32,34,36-37,39,57H,4-7,9-10,12-13,15-16,18-19,21-22,24-25,27-28,31,33,35,38,40-56H2,1-3H3/b11-8-,17-14-,23-20-,30-29-,32-26-,37-34-,39-36-. The van der Waals surface area contributed by atoms with E-state index in [1.165, 1.54) is 135 Å². The molecule has 0 aromatic carbocycles. The first-order chi connectivity index (χ1) is 32.5. The molecule has 0 aliphatic heterocycles. The van der Waals surface area contributed by atoms with Crippen LogP contribution in [0.3, 0.4) is 0 Å². The third kappa shape index (κ3) is 51.6. The lowest BCUT2D eigenvalue weighted by Gasteiger charge is -2.18. The normalized spacial score (nSPS) is 12.7. The van der Waals surface area contributed by atoms with Crippen molar-refractivity contribution in [1.29, 1.82) is 0 Å². The monoisotopic (exact) mass is 919 g/mol. The zero-order chi connectivity index (χ0) is 47.9. The van der Waals surface area contributed by atoms with Crippen molar-refractivity contribution < 1.29 is 28.6 Å². The first kappa shape index (κ1) is 62.6. The van der Waals surface area contributed by atoms with Gasteiger partial charge >= 0.3 is 17.9 Å². The largest absolute Gasteiger partial charge is 0.462 e. The van der Waals surface area contributed by atoms with Gasteiger partial charge in [-0.25, -0.2) is 0 Å². The second-order valence-electron chi connectivity index (χ2n) is 18.2. The summed E-state index contributed by atoms with van der Waals surface area (Å²) in [6.07, 6.45) is 70.0. The lowest BCUT2D eigenvalue weighted by Crippen LogP contribution is -2.30. The Morgan fingerprint density at radius 3 is 0.985 bits per heavy atom. The Balaban J connectivity index is 4.45. The van der Waals surface area contributed by atoms with Crippen LogP contribution < -0.4 is 0 Å². The highest BCUT2D eigenvalue weighted by Crippen LogP contribution is 2.14. The fourth-order valence-corrected chi connectivity index (χ4v) is 7.57. The zero-order valence-electron chi connectivity index (χ0n) is 43.2. The molecule has 0 heterocycles. The predicted molar refractivity (Wildman–Crippen MR) is 284 cm³/mol. The Morgan fingerprint density at radius 2 is 0.606 bits per heavy atom. The molecule has 0 N–H and O–H groups in total. The van der Waals surface area contributed by atoms with Gasteiger partial charge in [-0.05, 0) is 89.9 Å². The van der Waals surface area contributed by atoms with Gasteiger partial charge in [0.1, 0.15) is 13.2 Å². The minimum absolute atomic E-state index is 0.101. The Morgan fingerprint density at radius 1 is 0.318 bits per heavy atom. The van der Waals surface area contributed by atoms with Crippen LogP contribution in [0.2, 0.25) is 0 Å². The van der Waals surface area contributed by atoms with Gasteiger partial charge in [0.15, 0.2) is 6.10 Å². The first-order valence-corrected chi connectivity index (χ1v) is 27.7. The summed E-state index contributed by atoms with van der Waals surface area (Å²) in [5, 5.41) is 0. The van der Waals surface area contributed by atoms with E-state index in [9.17, 15) is 14.4 Å². The van der Waals surface area contributed by atoms with Crippen molar-refractivity contribution >= 4 is 17.9 Å².